The fourth-order valence-electron chi connectivity index (χ4n) is 3.27. The molecule has 0 aliphatic heterocycles. The van der Waals surface area contributed by atoms with E-state index in [0.29, 0.717) is 18.1 Å². The molecule has 1 heteroatoms. The van der Waals surface area contributed by atoms with Gasteiger partial charge in [-0.1, -0.05) is 44.4 Å². The minimum Gasteiger partial charge on any atom is -0.299 e. The topological polar surface area (TPSA) is 17.1 Å². The van der Waals surface area contributed by atoms with E-state index in [0.717, 1.165) is 12.8 Å². The second-order valence-corrected chi connectivity index (χ2v) is 5.38. The first-order valence-electron chi connectivity index (χ1n) is 7.22. The highest BCUT2D eigenvalue weighted by molar-refractivity contribution is 5.84. The lowest BCUT2D eigenvalue weighted by Crippen LogP contribution is -2.27. The monoisotopic (exact) mass is 232 g/mol. The van der Waals surface area contributed by atoms with Crippen molar-refractivity contribution in [2.45, 2.75) is 58.3 Å². The Labute approximate surface area is 105 Å². The summed E-state index contributed by atoms with van der Waals surface area (Å²) in [6.45, 7) is 2.01. The summed E-state index contributed by atoms with van der Waals surface area (Å²) in [7, 11) is 0. The number of carbonyl (C=O) groups is 1. The van der Waals surface area contributed by atoms with E-state index in [-0.39, 0.29) is 5.92 Å². The predicted molar refractivity (Wildman–Crippen MR) is 71.8 cm³/mol. The molecule has 0 spiro atoms. The van der Waals surface area contributed by atoms with E-state index < -0.39 is 0 Å². The molecular formula is C16H24O. The van der Waals surface area contributed by atoms with Crippen molar-refractivity contribution in [2.75, 3.05) is 0 Å². The number of allylic oxidation sites excluding steroid dienone is 4. The lowest BCUT2D eigenvalue weighted by atomic mass is 9.73. The molecule has 0 aromatic heterocycles. The van der Waals surface area contributed by atoms with Gasteiger partial charge < -0.3 is 0 Å². The zero-order valence-electron chi connectivity index (χ0n) is 11.0. The minimum atomic E-state index is 0.205. The number of Topliss-reactive ketones (excluding diaryl/α,β-unsaturated/α-hetero) is 1. The Morgan fingerprint density at radius 2 is 2.06 bits per heavy atom. The Morgan fingerprint density at radius 3 is 2.65 bits per heavy atom. The maximum Gasteiger partial charge on any atom is 0.140 e. The van der Waals surface area contributed by atoms with Crippen molar-refractivity contribution in [3.63, 3.8) is 0 Å². The molecule has 1 nitrogen and oxygen atoms in total. The second-order valence-electron chi connectivity index (χ2n) is 5.38. The van der Waals surface area contributed by atoms with E-state index >= 15 is 0 Å². The molecule has 0 amide bonds. The quantitative estimate of drug-likeness (QED) is 0.700. The predicted octanol–water partition coefficient (Wildman–Crippen LogP) is 4.44. The molecular weight excluding hydrogens is 208 g/mol. The summed E-state index contributed by atoms with van der Waals surface area (Å²) in [4.78, 5) is 12.2. The Morgan fingerprint density at radius 1 is 1.29 bits per heavy atom. The zero-order chi connectivity index (χ0) is 12.1. The van der Waals surface area contributed by atoms with Gasteiger partial charge in [-0.25, -0.2) is 0 Å². The van der Waals surface area contributed by atoms with Crippen molar-refractivity contribution in [3.8, 4) is 0 Å². The van der Waals surface area contributed by atoms with Crippen LogP contribution < -0.4 is 0 Å². The van der Waals surface area contributed by atoms with Gasteiger partial charge in [0.25, 0.3) is 0 Å². The van der Waals surface area contributed by atoms with Crippen LogP contribution >= 0.6 is 0 Å². The Hall–Kier alpha value is -0.850. The van der Waals surface area contributed by atoms with E-state index in [1.165, 1.54) is 37.7 Å². The van der Waals surface area contributed by atoms with Crippen molar-refractivity contribution in [1.82, 2.24) is 0 Å². The van der Waals surface area contributed by atoms with Crippen LogP contribution in [0.15, 0.2) is 23.8 Å². The third-order valence-electron chi connectivity index (χ3n) is 4.20. The SMILES string of the molecule is CCC(=O)C(C1=CCCC=C1)C1CCCCC1. The maximum absolute atomic E-state index is 12.2. The highest BCUT2D eigenvalue weighted by Crippen LogP contribution is 2.36. The lowest BCUT2D eigenvalue weighted by Gasteiger charge is -2.30. The van der Waals surface area contributed by atoms with E-state index in [2.05, 4.69) is 18.2 Å². The van der Waals surface area contributed by atoms with Crippen molar-refractivity contribution in [1.29, 1.82) is 0 Å². The van der Waals surface area contributed by atoms with Crippen molar-refractivity contribution in [2.24, 2.45) is 11.8 Å². The van der Waals surface area contributed by atoms with Crippen LogP contribution in [0.5, 0.6) is 0 Å². The molecule has 1 fully saturated rings. The molecule has 2 rings (SSSR count). The highest BCUT2D eigenvalue weighted by atomic mass is 16.1. The number of rotatable bonds is 4. The minimum absolute atomic E-state index is 0.205. The van der Waals surface area contributed by atoms with Gasteiger partial charge in [0.1, 0.15) is 5.78 Å². The average molecular weight is 232 g/mol. The van der Waals surface area contributed by atoms with Gasteiger partial charge in [-0.15, -0.1) is 0 Å². The summed E-state index contributed by atoms with van der Waals surface area (Å²) in [6, 6.07) is 0. The van der Waals surface area contributed by atoms with E-state index in [4.69, 9.17) is 0 Å². The largest absolute Gasteiger partial charge is 0.299 e. The molecule has 1 atom stereocenters. The fourth-order valence-corrected chi connectivity index (χ4v) is 3.27. The van der Waals surface area contributed by atoms with Crippen LogP contribution in [0.25, 0.3) is 0 Å². The molecule has 0 aromatic carbocycles. The first-order valence-corrected chi connectivity index (χ1v) is 7.22. The Bertz CT molecular complexity index is 318. The van der Waals surface area contributed by atoms with Gasteiger partial charge in [-0.2, -0.15) is 0 Å². The Balaban J connectivity index is 2.14. The second kappa shape index (κ2) is 6.18. The third-order valence-corrected chi connectivity index (χ3v) is 4.20. The van der Waals surface area contributed by atoms with Gasteiger partial charge >= 0.3 is 0 Å². The molecule has 0 heterocycles. The summed E-state index contributed by atoms with van der Waals surface area (Å²) in [5.41, 5.74) is 1.31. The van der Waals surface area contributed by atoms with Crippen molar-refractivity contribution < 1.29 is 4.79 Å². The standard InChI is InChI=1S/C16H24O/c1-2-15(17)16(13-9-5-3-6-10-13)14-11-7-4-8-12-14/h5,9-10,14,16H,2-4,6-8,11-12H2,1H3. The molecule has 0 bridgehead atoms. The van der Waals surface area contributed by atoms with Crippen LogP contribution in [0.3, 0.4) is 0 Å². The molecule has 0 radical (unpaired) electrons. The average Bonchev–Trinajstić information content (AvgIpc) is 2.41. The molecule has 0 N–H and O–H groups in total. The first-order chi connectivity index (χ1) is 8.33. The van der Waals surface area contributed by atoms with Crippen LogP contribution in [-0.2, 0) is 4.79 Å². The Kier molecular flexibility index (Phi) is 4.58. The van der Waals surface area contributed by atoms with Crippen LogP contribution in [-0.4, -0.2) is 5.78 Å². The lowest BCUT2D eigenvalue weighted by molar-refractivity contribution is -0.123. The molecule has 0 aromatic rings. The maximum atomic E-state index is 12.2. The van der Waals surface area contributed by atoms with Gasteiger partial charge in [0.15, 0.2) is 0 Å². The molecule has 94 valence electrons. The number of hydrogen-bond acceptors (Lipinski definition) is 1. The van der Waals surface area contributed by atoms with Crippen LogP contribution in [0.2, 0.25) is 0 Å². The summed E-state index contributed by atoms with van der Waals surface area (Å²) < 4.78 is 0. The number of ketones is 1. The summed E-state index contributed by atoms with van der Waals surface area (Å²) in [5.74, 6) is 1.27. The number of hydrogen-bond donors (Lipinski definition) is 0. The molecule has 2 aliphatic rings. The molecule has 1 saturated carbocycles. The number of carbonyl (C=O) groups excluding carboxylic acids is 1. The van der Waals surface area contributed by atoms with Gasteiger partial charge in [-0.3, -0.25) is 4.79 Å². The zero-order valence-corrected chi connectivity index (χ0v) is 11.0. The van der Waals surface area contributed by atoms with E-state index in [1.54, 1.807) is 0 Å². The van der Waals surface area contributed by atoms with Crippen LogP contribution in [0.4, 0.5) is 0 Å². The highest BCUT2D eigenvalue weighted by Gasteiger charge is 2.30. The third kappa shape index (κ3) is 3.08. The van der Waals surface area contributed by atoms with Gasteiger partial charge in [0.2, 0.25) is 0 Å². The first kappa shape index (κ1) is 12.6. The van der Waals surface area contributed by atoms with Crippen molar-refractivity contribution >= 4 is 5.78 Å². The summed E-state index contributed by atoms with van der Waals surface area (Å²) >= 11 is 0. The van der Waals surface area contributed by atoms with Gasteiger partial charge in [-0.05, 0) is 37.2 Å². The molecule has 0 saturated heterocycles. The van der Waals surface area contributed by atoms with Crippen LogP contribution in [0.1, 0.15) is 58.3 Å². The van der Waals surface area contributed by atoms with E-state index in [1.807, 2.05) is 6.92 Å². The fraction of sp³-hybridized carbons (Fsp3) is 0.688. The van der Waals surface area contributed by atoms with E-state index in [9.17, 15) is 4.79 Å². The summed E-state index contributed by atoms with van der Waals surface area (Å²) in [6.07, 6.45) is 16.2. The summed E-state index contributed by atoms with van der Waals surface area (Å²) in [5, 5.41) is 0. The van der Waals surface area contributed by atoms with Gasteiger partial charge in [0.05, 0.1) is 0 Å². The van der Waals surface area contributed by atoms with Crippen molar-refractivity contribution in [3.05, 3.63) is 23.8 Å². The molecule has 1 unspecified atom stereocenters. The molecule has 17 heavy (non-hydrogen) atoms. The smallest absolute Gasteiger partial charge is 0.140 e. The molecule has 2 aliphatic carbocycles. The van der Waals surface area contributed by atoms with Gasteiger partial charge in [0, 0.05) is 12.3 Å². The normalized spacial score (nSPS) is 23.2. The van der Waals surface area contributed by atoms with Crippen LogP contribution in [0, 0.1) is 11.8 Å².